The Morgan fingerprint density at radius 1 is 1.33 bits per heavy atom. The van der Waals surface area contributed by atoms with Gasteiger partial charge >= 0.3 is 0 Å². The average Bonchev–Trinajstić information content (AvgIpc) is 2.17. The summed E-state index contributed by atoms with van der Waals surface area (Å²) in [5.41, 5.74) is 1.76. The molecule has 0 aromatic carbocycles. The second kappa shape index (κ2) is 4.96. The first-order valence-corrected chi connectivity index (χ1v) is 5.39. The fraction of sp³-hybridized carbons (Fsp3) is 0.636. The highest BCUT2D eigenvalue weighted by molar-refractivity contribution is 5.31. The SMILES string of the molecule is CCCc1nc(N(C)C)[nH]c(=O)c1CC. The highest BCUT2D eigenvalue weighted by atomic mass is 16.1. The fourth-order valence-electron chi connectivity index (χ4n) is 1.55. The van der Waals surface area contributed by atoms with Gasteiger partial charge in [-0.1, -0.05) is 20.3 Å². The van der Waals surface area contributed by atoms with Crippen LogP contribution in [0.15, 0.2) is 4.79 Å². The summed E-state index contributed by atoms with van der Waals surface area (Å²) in [6, 6.07) is 0. The molecule has 0 radical (unpaired) electrons. The Morgan fingerprint density at radius 2 is 2.00 bits per heavy atom. The number of H-pyrrole nitrogens is 1. The minimum atomic E-state index is -0.000324. The van der Waals surface area contributed by atoms with Crippen LogP contribution in [0, 0.1) is 0 Å². The van der Waals surface area contributed by atoms with Crippen LogP contribution in [0.4, 0.5) is 5.95 Å². The number of nitrogens with zero attached hydrogens (tertiary/aromatic N) is 2. The van der Waals surface area contributed by atoms with Crippen molar-refractivity contribution in [1.29, 1.82) is 0 Å². The van der Waals surface area contributed by atoms with Crippen molar-refractivity contribution in [3.05, 3.63) is 21.6 Å². The Labute approximate surface area is 90.3 Å². The molecular formula is C11H19N3O. The van der Waals surface area contributed by atoms with Crippen LogP contribution in [-0.2, 0) is 12.8 Å². The van der Waals surface area contributed by atoms with Gasteiger partial charge in [0.15, 0.2) is 0 Å². The highest BCUT2D eigenvalue weighted by Gasteiger charge is 2.09. The number of hydrogen-bond donors (Lipinski definition) is 1. The molecule has 0 saturated carbocycles. The molecule has 0 aliphatic carbocycles. The van der Waals surface area contributed by atoms with Crippen LogP contribution in [0.3, 0.4) is 0 Å². The lowest BCUT2D eigenvalue weighted by Crippen LogP contribution is -2.23. The Morgan fingerprint density at radius 3 is 2.47 bits per heavy atom. The number of aromatic nitrogens is 2. The molecule has 1 rings (SSSR count). The summed E-state index contributed by atoms with van der Waals surface area (Å²) in [6.45, 7) is 4.08. The summed E-state index contributed by atoms with van der Waals surface area (Å²) in [7, 11) is 3.75. The van der Waals surface area contributed by atoms with Gasteiger partial charge in [0.05, 0.1) is 5.69 Å². The van der Waals surface area contributed by atoms with E-state index in [-0.39, 0.29) is 5.56 Å². The van der Waals surface area contributed by atoms with E-state index in [1.54, 1.807) is 0 Å². The topological polar surface area (TPSA) is 49.0 Å². The number of anilines is 1. The lowest BCUT2D eigenvalue weighted by molar-refractivity contribution is 0.821. The van der Waals surface area contributed by atoms with Gasteiger partial charge in [-0.3, -0.25) is 9.78 Å². The largest absolute Gasteiger partial charge is 0.348 e. The molecule has 84 valence electrons. The van der Waals surface area contributed by atoms with E-state index in [4.69, 9.17) is 0 Å². The minimum Gasteiger partial charge on any atom is -0.348 e. The lowest BCUT2D eigenvalue weighted by atomic mass is 10.1. The third-order valence-electron chi connectivity index (χ3n) is 2.35. The van der Waals surface area contributed by atoms with Crippen LogP contribution >= 0.6 is 0 Å². The van der Waals surface area contributed by atoms with Crippen molar-refractivity contribution in [3.63, 3.8) is 0 Å². The van der Waals surface area contributed by atoms with E-state index in [0.29, 0.717) is 5.95 Å². The summed E-state index contributed by atoms with van der Waals surface area (Å²) in [5, 5.41) is 0. The number of rotatable bonds is 4. The summed E-state index contributed by atoms with van der Waals surface area (Å²) >= 11 is 0. The lowest BCUT2D eigenvalue weighted by Gasteiger charge is -2.13. The third-order valence-corrected chi connectivity index (χ3v) is 2.35. The summed E-state index contributed by atoms with van der Waals surface area (Å²) in [4.78, 5) is 20.8. The molecule has 0 spiro atoms. The van der Waals surface area contributed by atoms with Gasteiger partial charge in [-0.2, -0.15) is 0 Å². The zero-order chi connectivity index (χ0) is 11.4. The van der Waals surface area contributed by atoms with Crippen molar-refractivity contribution in [3.8, 4) is 0 Å². The van der Waals surface area contributed by atoms with Gasteiger partial charge in [0.25, 0.3) is 5.56 Å². The molecule has 0 fully saturated rings. The van der Waals surface area contributed by atoms with Crippen LogP contribution < -0.4 is 10.5 Å². The smallest absolute Gasteiger partial charge is 0.255 e. The van der Waals surface area contributed by atoms with Crippen molar-refractivity contribution in [2.75, 3.05) is 19.0 Å². The highest BCUT2D eigenvalue weighted by Crippen LogP contribution is 2.08. The quantitative estimate of drug-likeness (QED) is 0.814. The van der Waals surface area contributed by atoms with E-state index in [0.717, 1.165) is 30.5 Å². The van der Waals surface area contributed by atoms with Crippen LogP contribution in [0.5, 0.6) is 0 Å². The van der Waals surface area contributed by atoms with E-state index in [1.807, 2.05) is 25.9 Å². The zero-order valence-electron chi connectivity index (χ0n) is 9.92. The first-order chi connectivity index (χ1) is 7.10. The van der Waals surface area contributed by atoms with Gasteiger partial charge in [-0.25, -0.2) is 4.98 Å². The zero-order valence-corrected chi connectivity index (χ0v) is 9.92. The molecule has 4 heteroatoms. The maximum Gasteiger partial charge on any atom is 0.255 e. The Bertz CT molecular complexity index is 382. The minimum absolute atomic E-state index is 0.000324. The molecule has 1 aromatic rings. The number of nitrogens with one attached hydrogen (secondary N) is 1. The maximum absolute atomic E-state index is 11.7. The van der Waals surface area contributed by atoms with Gasteiger partial charge in [-0.15, -0.1) is 0 Å². The number of hydrogen-bond acceptors (Lipinski definition) is 3. The Hall–Kier alpha value is -1.32. The summed E-state index contributed by atoms with van der Waals surface area (Å²) in [6.07, 6.45) is 2.62. The molecule has 0 aliphatic heterocycles. The predicted octanol–water partition coefficient (Wildman–Crippen LogP) is 1.35. The molecule has 0 bridgehead atoms. The van der Waals surface area contributed by atoms with Gasteiger partial charge in [0.1, 0.15) is 0 Å². The summed E-state index contributed by atoms with van der Waals surface area (Å²) in [5.74, 6) is 0.639. The van der Waals surface area contributed by atoms with E-state index in [2.05, 4.69) is 16.9 Å². The molecule has 15 heavy (non-hydrogen) atoms. The molecule has 0 aliphatic rings. The maximum atomic E-state index is 11.7. The molecular weight excluding hydrogens is 190 g/mol. The van der Waals surface area contributed by atoms with Crippen molar-refractivity contribution in [1.82, 2.24) is 9.97 Å². The van der Waals surface area contributed by atoms with Crippen LogP contribution in [0.2, 0.25) is 0 Å². The molecule has 0 atom stereocenters. The molecule has 1 N–H and O–H groups in total. The predicted molar refractivity (Wildman–Crippen MR) is 62.6 cm³/mol. The van der Waals surface area contributed by atoms with Gasteiger partial charge in [0.2, 0.25) is 5.95 Å². The van der Waals surface area contributed by atoms with Crippen LogP contribution in [0.25, 0.3) is 0 Å². The molecule has 0 unspecified atom stereocenters. The number of aryl methyl sites for hydroxylation is 1. The van der Waals surface area contributed by atoms with Crippen molar-refractivity contribution < 1.29 is 0 Å². The van der Waals surface area contributed by atoms with E-state index in [9.17, 15) is 4.79 Å². The molecule has 0 saturated heterocycles. The monoisotopic (exact) mass is 209 g/mol. The third kappa shape index (κ3) is 2.58. The second-order valence-corrected chi connectivity index (χ2v) is 3.81. The van der Waals surface area contributed by atoms with Gasteiger partial charge in [-0.05, 0) is 12.8 Å². The van der Waals surface area contributed by atoms with E-state index in [1.165, 1.54) is 0 Å². The average molecular weight is 209 g/mol. The van der Waals surface area contributed by atoms with Crippen molar-refractivity contribution in [2.24, 2.45) is 0 Å². The molecule has 1 aromatic heterocycles. The van der Waals surface area contributed by atoms with Crippen molar-refractivity contribution in [2.45, 2.75) is 33.1 Å². The van der Waals surface area contributed by atoms with Gasteiger partial charge < -0.3 is 4.90 Å². The molecule has 0 amide bonds. The van der Waals surface area contributed by atoms with Crippen LogP contribution in [-0.4, -0.2) is 24.1 Å². The molecule has 4 nitrogen and oxygen atoms in total. The van der Waals surface area contributed by atoms with Gasteiger partial charge in [0, 0.05) is 19.7 Å². The normalized spacial score (nSPS) is 10.4. The standard InChI is InChI=1S/C11H19N3O/c1-5-7-9-8(6-2)10(15)13-11(12-9)14(3)4/h5-7H2,1-4H3,(H,12,13,15). The first kappa shape index (κ1) is 11.8. The van der Waals surface area contributed by atoms with E-state index < -0.39 is 0 Å². The van der Waals surface area contributed by atoms with Crippen molar-refractivity contribution >= 4 is 5.95 Å². The van der Waals surface area contributed by atoms with E-state index >= 15 is 0 Å². The number of aromatic amines is 1. The summed E-state index contributed by atoms with van der Waals surface area (Å²) < 4.78 is 0. The molecule has 1 heterocycles. The fourth-order valence-corrected chi connectivity index (χ4v) is 1.55. The Balaban J connectivity index is 3.25. The van der Waals surface area contributed by atoms with Crippen LogP contribution in [0.1, 0.15) is 31.5 Å². The second-order valence-electron chi connectivity index (χ2n) is 3.81. The Kier molecular flexibility index (Phi) is 3.88. The first-order valence-electron chi connectivity index (χ1n) is 5.39.